The van der Waals surface area contributed by atoms with Crippen LogP contribution in [0.3, 0.4) is 0 Å². The molecule has 0 bridgehead atoms. The molecule has 2 aromatic rings. The second-order valence-corrected chi connectivity index (χ2v) is 8.73. The lowest BCUT2D eigenvalue weighted by Gasteiger charge is -2.23. The predicted molar refractivity (Wildman–Crippen MR) is 122 cm³/mol. The Morgan fingerprint density at radius 1 is 0.971 bits per heavy atom. The minimum absolute atomic E-state index is 0.153. The molecule has 0 unspecified atom stereocenters. The highest BCUT2D eigenvalue weighted by Crippen LogP contribution is 2.44. The van der Waals surface area contributed by atoms with Gasteiger partial charge in [0.05, 0.1) is 0 Å². The van der Waals surface area contributed by atoms with Crippen LogP contribution in [0.4, 0.5) is 18.0 Å². The molecule has 2 atom stereocenters. The van der Waals surface area contributed by atoms with E-state index in [0.29, 0.717) is 0 Å². The third-order valence-corrected chi connectivity index (χ3v) is 5.94. The van der Waals surface area contributed by atoms with Gasteiger partial charge in [0.2, 0.25) is 5.91 Å². The van der Waals surface area contributed by atoms with Crippen LogP contribution >= 0.6 is 0 Å². The van der Waals surface area contributed by atoms with E-state index in [2.05, 4.69) is 5.32 Å². The number of hydrogen-bond acceptors (Lipinski definition) is 4. The maximum atomic E-state index is 13.5. The van der Waals surface area contributed by atoms with Crippen molar-refractivity contribution < 1.29 is 37.4 Å². The van der Waals surface area contributed by atoms with Gasteiger partial charge in [-0.15, -0.1) is 0 Å². The van der Waals surface area contributed by atoms with E-state index in [-0.39, 0.29) is 12.5 Å². The first-order valence-corrected chi connectivity index (χ1v) is 11.2. The van der Waals surface area contributed by atoms with Crippen molar-refractivity contribution in [2.45, 2.75) is 50.9 Å². The Morgan fingerprint density at radius 3 is 2.00 bits per heavy atom. The van der Waals surface area contributed by atoms with Crippen LogP contribution < -0.4 is 10.6 Å². The monoisotopic (exact) mass is 492 g/mol. The van der Waals surface area contributed by atoms with E-state index >= 15 is 0 Å². The van der Waals surface area contributed by atoms with Crippen molar-refractivity contribution in [1.82, 2.24) is 10.6 Å². The van der Waals surface area contributed by atoms with E-state index in [1.54, 1.807) is 19.2 Å². The van der Waals surface area contributed by atoms with Crippen molar-refractivity contribution in [3.8, 4) is 11.1 Å². The molecule has 0 spiro atoms. The first-order chi connectivity index (χ1) is 16.5. The van der Waals surface area contributed by atoms with Crippen molar-refractivity contribution in [2.75, 3.05) is 6.61 Å². The highest BCUT2D eigenvalue weighted by molar-refractivity contribution is 5.83. The lowest BCUT2D eigenvalue weighted by molar-refractivity contribution is -0.157. The number of alkyl carbamates (subject to hydrolysis) is 1. The normalized spacial score (nSPS) is 14.6. The Bertz CT molecular complexity index is 1040. The number of halogens is 3. The summed E-state index contributed by atoms with van der Waals surface area (Å²) in [6.45, 7) is 2.98. The van der Waals surface area contributed by atoms with Gasteiger partial charge in [-0.3, -0.25) is 4.79 Å². The summed E-state index contributed by atoms with van der Waals surface area (Å²) in [4.78, 5) is 35.5. The largest absolute Gasteiger partial charge is 0.480 e. The highest BCUT2D eigenvalue weighted by Gasteiger charge is 2.41. The number of aliphatic carboxylic acids is 1. The highest BCUT2D eigenvalue weighted by atomic mass is 19.4. The second-order valence-electron chi connectivity index (χ2n) is 8.73. The molecule has 0 heterocycles. The number of amides is 2. The van der Waals surface area contributed by atoms with Crippen molar-refractivity contribution >= 4 is 18.0 Å². The van der Waals surface area contributed by atoms with Gasteiger partial charge < -0.3 is 20.5 Å². The quantitative estimate of drug-likeness (QED) is 0.479. The van der Waals surface area contributed by atoms with Gasteiger partial charge in [-0.25, -0.2) is 9.59 Å². The zero-order chi connectivity index (χ0) is 25.8. The van der Waals surface area contributed by atoms with Crippen molar-refractivity contribution in [2.24, 2.45) is 5.92 Å². The number of fused-ring (bicyclic) bond motifs is 3. The fourth-order valence-corrected chi connectivity index (χ4v) is 4.13. The van der Waals surface area contributed by atoms with Crippen molar-refractivity contribution in [3.05, 3.63) is 59.7 Å². The Kier molecular flexibility index (Phi) is 8.03. The number of benzene rings is 2. The van der Waals surface area contributed by atoms with E-state index < -0.39 is 55.0 Å². The number of rotatable bonds is 9. The fraction of sp³-hybridized carbons (Fsp3) is 0.400. The summed E-state index contributed by atoms with van der Waals surface area (Å²) in [5.74, 6) is -2.90. The molecule has 10 heteroatoms. The van der Waals surface area contributed by atoms with Crippen LogP contribution in [0.5, 0.6) is 0 Å². The summed E-state index contributed by atoms with van der Waals surface area (Å²) in [7, 11) is 0. The van der Waals surface area contributed by atoms with Gasteiger partial charge in [0.1, 0.15) is 18.7 Å². The SMILES string of the molecule is CC(C)[C@H](NC(=O)CC[C@H](NC(=O)OCC1c2ccccc2-c2ccccc21)C(F)(F)F)C(=O)O. The number of ether oxygens (including phenoxy) is 1. The minimum atomic E-state index is -4.82. The van der Waals surface area contributed by atoms with Gasteiger partial charge in [0, 0.05) is 12.3 Å². The molecule has 0 aromatic heterocycles. The third kappa shape index (κ3) is 6.32. The minimum Gasteiger partial charge on any atom is -0.480 e. The standard InChI is InChI=1S/C25H27F3N2O5/c1-14(2)22(23(32)33)30-21(31)12-11-20(25(26,27)28)29-24(34)35-13-19-17-9-5-3-7-15(17)16-8-4-6-10-18(16)19/h3-10,14,19-20,22H,11-13H2,1-2H3,(H,29,34)(H,30,31)(H,32,33)/t20-,22-/m0/s1. The number of carboxylic acid groups (broad SMARTS) is 1. The van der Waals surface area contributed by atoms with E-state index in [1.165, 1.54) is 0 Å². The van der Waals surface area contributed by atoms with Crippen molar-refractivity contribution in [3.63, 3.8) is 0 Å². The lowest BCUT2D eigenvalue weighted by atomic mass is 9.98. The molecule has 2 amide bonds. The van der Waals surface area contributed by atoms with E-state index in [0.717, 1.165) is 22.3 Å². The summed E-state index contributed by atoms with van der Waals surface area (Å²) in [5.41, 5.74) is 3.81. The van der Waals surface area contributed by atoms with Crippen LogP contribution in [0, 0.1) is 5.92 Å². The van der Waals surface area contributed by atoms with Gasteiger partial charge in [-0.1, -0.05) is 62.4 Å². The van der Waals surface area contributed by atoms with Gasteiger partial charge >= 0.3 is 18.2 Å². The maximum absolute atomic E-state index is 13.5. The van der Waals surface area contributed by atoms with Crippen LogP contribution in [0.25, 0.3) is 11.1 Å². The Hall–Kier alpha value is -3.56. The first-order valence-electron chi connectivity index (χ1n) is 11.2. The number of nitrogens with one attached hydrogen (secondary N) is 2. The summed E-state index contributed by atoms with van der Waals surface area (Å²) in [6.07, 6.45) is -7.45. The summed E-state index contributed by atoms with van der Waals surface area (Å²) in [5, 5.41) is 13.1. The number of carbonyl (C=O) groups is 3. The smallest absolute Gasteiger partial charge is 0.408 e. The predicted octanol–water partition coefficient (Wildman–Crippen LogP) is 4.46. The molecule has 188 valence electrons. The Balaban J connectivity index is 1.60. The number of carboxylic acids is 1. The van der Waals surface area contributed by atoms with Gasteiger partial charge in [0.15, 0.2) is 0 Å². The molecule has 0 radical (unpaired) electrons. The van der Waals surface area contributed by atoms with E-state index in [9.17, 15) is 27.6 Å². The van der Waals surface area contributed by atoms with E-state index in [1.807, 2.05) is 48.5 Å². The maximum Gasteiger partial charge on any atom is 0.408 e. The third-order valence-electron chi connectivity index (χ3n) is 5.94. The van der Waals surface area contributed by atoms with Crippen LogP contribution in [0.15, 0.2) is 48.5 Å². The van der Waals surface area contributed by atoms with Crippen molar-refractivity contribution in [1.29, 1.82) is 0 Å². The number of carbonyl (C=O) groups excluding carboxylic acids is 2. The molecule has 3 rings (SSSR count). The Labute approximate surface area is 200 Å². The summed E-state index contributed by atoms with van der Waals surface area (Å²) < 4.78 is 45.6. The molecule has 1 aliphatic carbocycles. The van der Waals surface area contributed by atoms with Crippen LogP contribution in [0.2, 0.25) is 0 Å². The molecule has 35 heavy (non-hydrogen) atoms. The first kappa shape index (κ1) is 26.1. The molecule has 0 saturated carbocycles. The summed E-state index contributed by atoms with van der Waals surface area (Å²) in [6, 6.07) is 11.6. The molecule has 3 N–H and O–H groups in total. The van der Waals surface area contributed by atoms with Crippen LogP contribution in [-0.2, 0) is 14.3 Å². The summed E-state index contributed by atoms with van der Waals surface area (Å²) >= 11 is 0. The topological polar surface area (TPSA) is 105 Å². The molecule has 0 saturated heterocycles. The molecule has 7 nitrogen and oxygen atoms in total. The second kappa shape index (κ2) is 10.8. The van der Waals surface area contributed by atoms with Gasteiger partial charge in [-0.2, -0.15) is 13.2 Å². The molecule has 2 aromatic carbocycles. The average molecular weight is 492 g/mol. The fourth-order valence-electron chi connectivity index (χ4n) is 4.13. The van der Waals surface area contributed by atoms with Gasteiger partial charge in [-0.05, 0) is 34.6 Å². The Morgan fingerprint density at radius 2 is 1.51 bits per heavy atom. The van der Waals surface area contributed by atoms with E-state index in [4.69, 9.17) is 9.84 Å². The molecular formula is C25H27F3N2O5. The zero-order valence-electron chi connectivity index (χ0n) is 19.3. The van der Waals surface area contributed by atoms with Crippen LogP contribution in [0.1, 0.15) is 43.7 Å². The number of alkyl halides is 3. The molecule has 0 aliphatic heterocycles. The lowest BCUT2D eigenvalue weighted by Crippen LogP contribution is -2.48. The molecular weight excluding hydrogens is 465 g/mol. The number of hydrogen-bond donors (Lipinski definition) is 3. The average Bonchev–Trinajstić information content (AvgIpc) is 3.11. The van der Waals surface area contributed by atoms with Crippen LogP contribution in [-0.4, -0.2) is 47.9 Å². The molecule has 0 fully saturated rings. The molecule has 1 aliphatic rings. The zero-order valence-corrected chi connectivity index (χ0v) is 19.3. The van der Waals surface area contributed by atoms with Gasteiger partial charge in [0.25, 0.3) is 0 Å².